The summed E-state index contributed by atoms with van der Waals surface area (Å²) < 4.78 is 0. The van der Waals surface area contributed by atoms with Crippen LogP contribution in [0.1, 0.15) is 32.3 Å². The molecular formula is C16H24Cl2N2. The SMILES string of the molecule is CCCC1CN(CCc2ccc(Cl)cc2Cl)C(C)CN1. The molecule has 1 fully saturated rings. The Bertz CT molecular complexity index is 436. The van der Waals surface area contributed by atoms with Gasteiger partial charge in [-0.15, -0.1) is 0 Å². The number of rotatable bonds is 5. The second kappa shape index (κ2) is 7.65. The summed E-state index contributed by atoms with van der Waals surface area (Å²) in [4.78, 5) is 2.57. The van der Waals surface area contributed by atoms with E-state index in [0.717, 1.165) is 31.1 Å². The minimum atomic E-state index is 0.592. The van der Waals surface area contributed by atoms with E-state index in [-0.39, 0.29) is 0 Å². The van der Waals surface area contributed by atoms with Crippen molar-refractivity contribution in [3.05, 3.63) is 33.8 Å². The Hall–Kier alpha value is -0.280. The second-order valence-electron chi connectivity index (χ2n) is 5.72. The van der Waals surface area contributed by atoms with Crippen LogP contribution >= 0.6 is 23.2 Å². The predicted molar refractivity (Wildman–Crippen MR) is 87.9 cm³/mol. The molecule has 0 saturated carbocycles. The minimum Gasteiger partial charge on any atom is -0.311 e. The Morgan fingerprint density at radius 2 is 2.15 bits per heavy atom. The van der Waals surface area contributed by atoms with Crippen LogP contribution in [0.25, 0.3) is 0 Å². The quantitative estimate of drug-likeness (QED) is 0.883. The zero-order chi connectivity index (χ0) is 14.5. The molecule has 20 heavy (non-hydrogen) atoms. The summed E-state index contributed by atoms with van der Waals surface area (Å²) in [5, 5.41) is 5.12. The van der Waals surface area contributed by atoms with E-state index < -0.39 is 0 Å². The molecule has 1 aromatic rings. The summed E-state index contributed by atoms with van der Waals surface area (Å²) in [6.45, 7) is 7.82. The highest BCUT2D eigenvalue weighted by molar-refractivity contribution is 6.35. The summed E-state index contributed by atoms with van der Waals surface area (Å²) in [7, 11) is 0. The number of benzene rings is 1. The molecule has 1 aliphatic rings. The van der Waals surface area contributed by atoms with E-state index in [2.05, 4.69) is 24.1 Å². The van der Waals surface area contributed by atoms with Crippen LogP contribution in [-0.2, 0) is 6.42 Å². The van der Waals surface area contributed by atoms with Gasteiger partial charge in [0.25, 0.3) is 0 Å². The molecule has 2 atom stereocenters. The van der Waals surface area contributed by atoms with Gasteiger partial charge in [0.1, 0.15) is 0 Å². The van der Waals surface area contributed by atoms with Crippen LogP contribution in [0, 0.1) is 0 Å². The van der Waals surface area contributed by atoms with E-state index in [1.165, 1.54) is 18.4 Å². The van der Waals surface area contributed by atoms with Crippen molar-refractivity contribution in [2.75, 3.05) is 19.6 Å². The van der Waals surface area contributed by atoms with E-state index in [4.69, 9.17) is 23.2 Å². The van der Waals surface area contributed by atoms with Gasteiger partial charge in [0.15, 0.2) is 0 Å². The molecule has 1 aromatic carbocycles. The largest absolute Gasteiger partial charge is 0.311 e. The van der Waals surface area contributed by atoms with E-state index in [9.17, 15) is 0 Å². The molecular weight excluding hydrogens is 291 g/mol. The van der Waals surface area contributed by atoms with Crippen molar-refractivity contribution in [2.45, 2.75) is 45.2 Å². The van der Waals surface area contributed by atoms with Gasteiger partial charge in [0.05, 0.1) is 0 Å². The fraction of sp³-hybridized carbons (Fsp3) is 0.625. The van der Waals surface area contributed by atoms with Gasteiger partial charge in [-0.05, 0) is 37.5 Å². The van der Waals surface area contributed by atoms with Gasteiger partial charge in [-0.3, -0.25) is 4.90 Å². The van der Waals surface area contributed by atoms with E-state index in [0.29, 0.717) is 17.1 Å². The third-order valence-electron chi connectivity index (χ3n) is 4.10. The molecule has 0 amide bonds. The maximum absolute atomic E-state index is 6.25. The first-order valence-electron chi connectivity index (χ1n) is 7.51. The van der Waals surface area contributed by atoms with E-state index in [1.54, 1.807) is 0 Å². The lowest BCUT2D eigenvalue weighted by Gasteiger charge is -2.39. The van der Waals surface area contributed by atoms with Gasteiger partial charge < -0.3 is 5.32 Å². The Balaban J connectivity index is 1.91. The number of piperazine rings is 1. The number of nitrogens with one attached hydrogen (secondary N) is 1. The zero-order valence-corrected chi connectivity index (χ0v) is 13.8. The number of hydrogen-bond donors (Lipinski definition) is 1. The summed E-state index contributed by atoms with van der Waals surface area (Å²) >= 11 is 12.2. The first-order valence-corrected chi connectivity index (χ1v) is 8.27. The molecule has 0 aliphatic carbocycles. The van der Waals surface area contributed by atoms with Gasteiger partial charge >= 0.3 is 0 Å². The lowest BCUT2D eigenvalue weighted by atomic mass is 10.0. The highest BCUT2D eigenvalue weighted by Crippen LogP contribution is 2.22. The van der Waals surface area contributed by atoms with Crippen molar-refractivity contribution in [2.24, 2.45) is 0 Å². The van der Waals surface area contributed by atoms with Crippen molar-refractivity contribution in [3.63, 3.8) is 0 Å². The maximum atomic E-state index is 6.25. The molecule has 2 unspecified atom stereocenters. The molecule has 0 radical (unpaired) electrons. The smallest absolute Gasteiger partial charge is 0.0453 e. The molecule has 112 valence electrons. The lowest BCUT2D eigenvalue weighted by molar-refractivity contribution is 0.138. The van der Waals surface area contributed by atoms with Crippen LogP contribution in [0.4, 0.5) is 0 Å². The van der Waals surface area contributed by atoms with Crippen molar-refractivity contribution in [1.29, 1.82) is 0 Å². The van der Waals surface area contributed by atoms with Crippen molar-refractivity contribution in [3.8, 4) is 0 Å². The Morgan fingerprint density at radius 3 is 2.85 bits per heavy atom. The molecule has 2 nitrogen and oxygen atoms in total. The third kappa shape index (κ3) is 4.36. The fourth-order valence-corrected chi connectivity index (χ4v) is 3.34. The number of hydrogen-bond acceptors (Lipinski definition) is 2. The van der Waals surface area contributed by atoms with E-state index >= 15 is 0 Å². The zero-order valence-electron chi connectivity index (χ0n) is 12.3. The Morgan fingerprint density at radius 1 is 1.35 bits per heavy atom. The van der Waals surface area contributed by atoms with Gasteiger partial charge in [0, 0.05) is 41.8 Å². The third-order valence-corrected chi connectivity index (χ3v) is 4.69. The Kier molecular flexibility index (Phi) is 6.16. The summed E-state index contributed by atoms with van der Waals surface area (Å²) in [6.07, 6.45) is 3.48. The van der Waals surface area contributed by atoms with Gasteiger partial charge in [-0.25, -0.2) is 0 Å². The highest BCUT2D eigenvalue weighted by Gasteiger charge is 2.23. The normalized spacial score (nSPS) is 24.0. The van der Waals surface area contributed by atoms with Crippen molar-refractivity contribution >= 4 is 23.2 Å². The van der Waals surface area contributed by atoms with Crippen LogP contribution in [0.5, 0.6) is 0 Å². The van der Waals surface area contributed by atoms with Crippen LogP contribution in [0.3, 0.4) is 0 Å². The highest BCUT2D eigenvalue weighted by atomic mass is 35.5. The Labute approximate surface area is 132 Å². The average Bonchev–Trinajstić information content (AvgIpc) is 2.41. The van der Waals surface area contributed by atoms with Crippen molar-refractivity contribution < 1.29 is 0 Å². The molecule has 0 aromatic heterocycles. The minimum absolute atomic E-state index is 0.592. The van der Waals surface area contributed by atoms with Crippen molar-refractivity contribution in [1.82, 2.24) is 10.2 Å². The van der Waals surface area contributed by atoms with Crippen LogP contribution < -0.4 is 5.32 Å². The average molecular weight is 315 g/mol. The first kappa shape index (κ1) is 16.1. The molecule has 4 heteroatoms. The summed E-state index contributed by atoms with van der Waals surface area (Å²) in [5.41, 5.74) is 1.19. The molecule has 1 N–H and O–H groups in total. The fourth-order valence-electron chi connectivity index (χ4n) is 2.84. The molecule has 1 aliphatic heterocycles. The molecule has 2 rings (SSSR count). The predicted octanol–water partition coefficient (Wildman–Crippen LogP) is 4.00. The van der Waals surface area contributed by atoms with Gasteiger partial charge in [-0.1, -0.05) is 42.6 Å². The number of halogens is 2. The maximum Gasteiger partial charge on any atom is 0.0453 e. The lowest BCUT2D eigenvalue weighted by Crippen LogP contribution is -2.55. The van der Waals surface area contributed by atoms with Gasteiger partial charge in [-0.2, -0.15) is 0 Å². The molecule has 1 saturated heterocycles. The molecule has 0 bridgehead atoms. The summed E-state index contributed by atoms with van der Waals surface area (Å²) in [5.74, 6) is 0. The van der Waals surface area contributed by atoms with E-state index in [1.807, 2.05) is 18.2 Å². The molecule has 1 heterocycles. The second-order valence-corrected chi connectivity index (χ2v) is 6.57. The van der Waals surface area contributed by atoms with Crippen LogP contribution in [-0.4, -0.2) is 36.6 Å². The van der Waals surface area contributed by atoms with Gasteiger partial charge in [0.2, 0.25) is 0 Å². The first-order chi connectivity index (χ1) is 9.60. The van der Waals surface area contributed by atoms with Crippen LogP contribution in [0.15, 0.2) is 18.2 Å². The standard InChI is InChI=1S/C16H24Cl2N2/c1-3-4-15-11-20(12(2)10-19-15)8-7-13-5-6-14(17)9-16(13)18/h5-6,9,12,15,19H,3-4,7-8,10-11H2,1-2H3. The monoisotopic (exact) mass is 314 g/mol. The number of nitrogens with zero attached hydrogens (tertiary/aromatic N) is 1. The topological polar surface area (TPSA) is 15.3 Å². The summed E-state index contributed by atoms with van der Waals surface area (Å²) in [6, 6.07) is 7.02. The van der Waals surface area contributed by atoms with Crippen LogP contribution in [0.2, 0.25) is 10.0 Å². The molecule has 0 spiro atoms.